The number of H-pyrrole nitrogens is 1. The van der Waals surface area contributed by atoms with Gasteiger partial charge in [0.25, 0.3) is 0 Å². The van der Waals surface area contributed by atoms with Gasteiger partial charge in [-0.15, -0.1) is 0 Å². The number of aryl methyl sites for hydroxylation is 1. The minimum absolute atomic E-state index is 0.837. The van der Waals surface area contributed by atoms with Crippen LogP contribution in [0.3, 0.4) is 0 Å². The minimum Gasteiger partial charge on any atom is -0.343 e. The molecule has 1 aliphatic heterocycles. The van der Waals surface area contributed by atoms with E-state index in [0.717, 1.165) is 17.4 Å². The van der Waals surface area contributed by atoms with Crippen LogP contribution in [0.4, 0.5) is 5.82 Å². The Bertz CT molecular complexity index is 569. The van der Waals surface area contributed by atoms with Crippen LogP contribution in [0.15, 0.2) is 21.1 Å². The van der Waals surface area contributed by atoms with Crippen LogP contribution in [0.2, 0.25) is 0 Å². The van der Waals surface area contributed by atoms with Crippen molar-refractivity contribution in [1.29, 1.82) is 0 Å². The zero-order chi connectivity index (χ0) is 12.7. The van der Waals surface area contributed by atoms with Gasteiger partial charge in [0.05, 0.1) is 0 Å². The average molecular weight is 229 g/mol. The lowest BCUT2D eigenvalue weighted by Crippen LogP contribution is -1.91. The quantitative estimate of drug-likeness (QED) is 0.761. The second-order valence-electron chi connectivity index (χ2n) is 4.73. The van der Waals surface area contributed by atoms with E-state index >= 15 is 0 Å². The highest BCUT2D eigenvalue weighted by Gasteiger charge is 2.16. The second-order valence-corrected chi connectivity index (χ2v) is 4.73. The lowest BCUT2D eigenvalue weighted by molar-refractivity contribution is 1.21. The number of amidine groups is 1. The van der Waals surface area contributed by atoms with Crippen molar-refractivity contribution in [3.8, 4) is 0 Å². The van der Waals surface area contributed by atoms with Crippen molar-refractivity contribution in [2.75, 3.05) is 0 Å². The standard InChI is InChI=1S/C14H19N3/c1-7-9(3)13(15-11(7)5)17-14-10(4)8(2)12(6)16-14/h15H,1-6H3. The fourth-order valence-corrected chi connectivity index (χ4v) is 1.92. The molecule has 1 aliphatic rings. The number of aliphatic imine (C=N–C) groups is 2. The number of nitrogens with one attached hydrogen (secondary N) is 1. The summed E-state index contributed by atoms with van der Waals surface area (Å²) in [6.07, 6.45) is 0. The van der Waals surface area contributed by atoms with Gasteiger partial charge in [-0.1, -0.05) is 0 Å². The molecule has 0 amide bonds. The number of aromatic nitrogens is 1. The molecule has 0 saturated heterocycles. The highest BCUT2D eigenvalue weighted by molar-refractivity contribution is 6.20. The number of hydrogen-bond acceptors (Lipinski definition) is 1. The Balaban J connectivity index is 2.49. The van der Waals surface area contributed by atoms with Gasteiger partial charge in [0.15, 0.2) is 5.84 Å². The molecular formula is C14H19N3. The van der Waals surface area contributed by atoms with Gasteiger partial charge in [0, 0.05) is 11.4 Å². The summed E-state index contributed by atoms with van der Waals surface area (Å²) in [6, 6.07) is 0. The van der Waals surface area contributed by atoms with Crippen LogP contribution in [0.5, 0.6) is 0 Å². The number of nitrogens with zero attached hydrogens (tertiary/aromatic N) is 2. The SMILES string of the molecule is CC1=NC(=Nc2[nH]c(C)c(C)c2C)C(C)=C1C. The van der Waals surface area contributed by atoms with Gasteiger partial charge in [0.1, 0.15) is 5.82 Å². The molecule has 0 spiro atoms. The van der Waals surface area contributed by atoms with E-state index in [2.05, 4.69) is 49.6 Å². The zero-order valence-electron chi connectivity index (χ0n) is 11.4. The first-order valence-electron chi connectivity index (χ1n) is 5.89. The maximum Gasteiger partial charge on any atom is 0.157 e. The van der Waals surface area contributed by atoms with Crippen molar-refractivity contribution in [3.63, 3.8) is 0 Å². The van der Waals surface area contributed by atoms with Gasteiger partial charge in [-0.05, 0) is 63.8 Å². The van der Waals surface area contributed by atoms with Crippen LogP contribution >= 0.6 is 0 Å². The molecule has 3 heteroatoms. The van der Waals surface area contributed by atoms with Gasteiger partial charge in [-0.2, -0.15) is 0 Å². The predicted molar refractivity (Wildman–Crippen MR) is 73.6 cm³/mol. The summed E-state index contributed by atoms with van der Waals surface area (Å²) < 4.78 is 0. The van der Waals surface area contributed by atoms with E-state index in [4.69, 9.17) is 0 Å². The summed E-state index contributed by atoms with van der Waals surface area (Å²) in [5.41, 5.74) is 7.15. The molecule has 3 nitrogen and oxygen atoms in total. The van der Waals surface area contributed by atoms with Gasteiger partial charge in [0.2, 0.25) is 0 Å². The summed E-state index contributed by atoms with van der Waals surface area (Å²) in [6.45, 7) is 12.5. The highest BCUT2D eigenvalue weighted by Crippen LogP contribution is 2.26. The first-order chi connectivity index (χ1) is 7.91. The van der Waals surface area contributed by atoms with Crippen molar-refractivity contribution in [2.45, 2.75) is 41.5 Å². The largest absolute Gasteiger partial charge is 0.343 e. The smallest absolute Gasteiger partial charge is 0.157 e. The Kier molecular flexibility index (Phi) is 2.77. The van der Waals surface area contributed by atoms with Crippen molar-refractivity contribution in [3.05, 3.63) is 28.0 Å². The van der Waals surface area contributed by atoms with E-state index in [1.54, 1.807) is 0 Å². The average Bonchev–Trinajstić information content (AvgIpc) is 2.66. The molecule has 0 aliphatic carbocycles. The van der Waals surface area contributed by atoms with Crippen LogP contribution in [-0.4, -0.2) is 16.5 Å². The molecule has 1 N–H and O–H groups in total. The molecule has 17 heavy (non-hydrogen) atoms. The monoisotopic (exact) mass is 229 g/mol. The van der Waals surface area contributed by atoms with Crippen molar-refractivity contribution >= 4 is 17.4 Å². The maximum absolute atomic E-state index is 4.64. The molecule has 90 valence electrons. The molecule has 0 saturated carbocycles. The Labute approximate surface area is 102 Å². The van der Waals surface area contributed by atoms with Crippen LogP contribution in [0.1, 0.15) is 37.6 Å². The van der Waals surface area contributed by atoms with Crippen LogP contribution in [0.25, 0.3) is 0 Å². The van der Waals surface area contributed by atoms with Crippen LogP contribution < -0.4 is 0 Å². The van der Waals surface area contributed by atoms with Gasteiger partial charge < -0.3 is 4.98 Å². The van der Waals surface area contributed by atoms with E-state index in [9.17, 15) is 0 Å². The Morgan fingerprint density at radius 1 is 0.882 bits per heavy atom. The molecule has 2 rings (SSSR count). The van der Waals surface area contributed by atoms with Crippen molar-refractivity contribution < 1.29 is 0 Å². The summed E-state index contributed by atoms with van der Waals surface area (Å²) in [5.74, 6) is 1.77. The highest BCUT2D eigenvalue weighted by atomic mass is 15.0. The molecular weight excluding hydrogens is 210 g/mol. The third-order valence-electron chi connectivity index (χ3n) is 3.72. The normalized spacial score (nSPS) is 18.2. The maximum atomic E-state index is 4.64. The van der Waals surface area contributed by atoms with E-state index in [1.165, 1.54) is 28.0 Å². The van der Waals surface area contributed by atoms with Crippen LogP contribution in [-0.2, 0) is 0 Å². The molecule has 0 radical (unpaired) electrons. The van der Waals surface area contributed by atoms with Crippen molar-refractivity contribution in [1.82, 2.24) is 4.98 Å². The molecule has 1 aromatic rings. The third kappa shape index (κ3) is 1.86. The summed E-state index contributed by atoms with van der Waals surface area (Å²) in [4.78, 5) is 12.4. The van der Waals surface area contributed by atoms with Gasteiger partial charge >= 0.3 is 0 Å². The van der Waals surface area contributed by atoms with Gasteiger partial charge in [-0.3, -0.25) is 0 Å². The predicted octanol–water partition coefficient (Wildman–Crippen LogP) is 3.78. The number of hydrogen-bond donors (Lipinski definition) is 1. The molecule has 0 aromatic carbocycles. The number of rotatable bonds is 1. The van der Waals surface area contributed by atoms with E-state index in [0.29, 0.717) is 0 Å². The fraction of sp³-hybridized carbons (Fsp3) is 0.429. The molecule has 0 unspecified atom stereocenters. The van der Waals surface area contributed by atoms with Crippen molar-refractivity contribution in [2.24, 2.45) is 9.98 Å². The Morgan fingerprint density at radius 2 is 1.53 bits per heavy atom. The fourth-order valence-electron chi connectivity index (χ4n) is 1.92. The summed E-state index contributed by atoms with van der Waals surface area (Å²) in [5, 5.41) is 0. The zero-order valence-corrected chi connectivity index (χ0v) is 11.4. The topological polar surface area (TPSA) is 40.5 Å². The lowest BCUT2D eigenvalue weighted by Gasteiger charge is -1.97. The van der Waals surface area contributed by atoms with E-state index in [-0.39, 0.29) is 0 Å². The number of allylic oxidation sites excluding steroid dienone is 1. The van der Waals surface area contributed by atoms with E-state index < -0.39 is 0 Å². The summed E-state index contributed by atoms with van der Waals surface area (Å²) >= 11 is 0. The molecule has 0 bridgehead atoms. The molecule has 0 atom stereocenters. The third-order valence-corrected chi connectivity index (χ3v) is 3.72. The molecule has 2 heterocycles. The van der Waals surface area contributed by atoms with Crippen LogP contribution in [0, 0.1) is 20.8 Å². The van der Waals surface area contributed by atoms with Gasteiger partial charge in [-0.25, -0.2) is 9.98 Å². The van der Waals surface area contributed by atoms with E-state index in [1.807, 2.05) is 6.92 Å². The second kappa shape index (κ2) is 3.99. The first kappa shape index (κ1) is 11.8. The molecule has 0 fully saturated rings. The Morgan fingerprint density at radius 3 is 1.94 bits per heavy atom. The summed E-state index contributed by atoms with van der Waals surface area (Å²) in [7, 11) is 0. The molecule has 1 aromatic heterocycles. The minimum atomic E-state index is 0.837. The first-order valence-corrected chi connectivity index (χ1v) is 5.89. The number of aromatic amines is 1. The Hall–Kier alpha value is -1.64. The lowest BCUT2D eigenvalue weighted by atomic mass is 10.1.